The molecule has 0 spiro atoms. The molecule has 4 nitrogen and oxygen atoms in total. The van der Waals surface area contributed by atoms with Gasteiger partial charge in [-0.3, -0.25) is 0 Å². The number of rotatable bonds is 1. The van der Waals surface area contributed by atoms with Crippen molar-refractivity contribution < 1.29 is 17.9 Å². The fourth-order valence-electron chi connectivity index (χ4n) is 1.50. The zero-order valence-corrected chi connectivity index (χ0v) is 8.25. The van der Waals surface area contributed by atoms with Gasteiger partial charge in [-0.1, -0.05) is 0 Å². The van der Waals surface area contributed by atoms with Crippen molar-refractivity contribution in [2.24, 2.45) is 0 Å². The van der Waals surface area contributed by atoms with E-state index in [1.165, 1.54) is 16.9 Å². The first-order valence-electron chi connectivity index (χ1n) is 4.32. The van der Waals surface area contributed by atoms with Crippen LogP contribution in [0.1, 0.15) is 5.56 Å². The Kier molecular flexibility index (Phi) is 2.18. The first-order valence-corrected chi connectivity index (χ1v) is 4.32. The number of pyridine rings is 1. The molecule has 0 fully saturated rings. The highest BCUT2D eigenvalue weighted by atomic mass is 19.4. The van der Waals surface area contributed by atoms with Gasteiger partial charge in [-0.2, -0.15) is 18.3 Å². The topological polar surface area (TPSA) is 52.5 Å². The van der Waals surface area contributed by atoms with Gasteiger partial charge in [0.05, 0.1) is 19.0 Å². The number of nitrogen functional groups attached to an aromatic ring is 1. The summed E-state index contributed by atoms with van der Waals surface area (Å²) in [6, 6.07) is 0.901. The summed E-state index contributed by atoms with van der Waals surface area (Å²) in [4.78, 5) is 0. The van der Waals surface area contributed by atoms with Crippen LogP contribution in [-0.2, 0) is 6.18 Å². The molecular weight excluding hydrogens is 223 g/mol. The molecule has 0 atom stereocenters. The fourth-order valence-corrected chi connectivity index (χ4v) is 1.50. The van der Waals surface area contributed by atoms with Crippen LogP contribution >= 0.6 is 0 Å². The smallest absolute Gasteiger partial charge is 0.420 e. The van der Waals surface area contributed by atoms with Crippen molar-refractivity contribution in [3.63, 3.8) is 0 Å². The van der Waals surface area contributed by atoms with Crippen LogP contribution in [-0.4, -0.2) is 16.7 Å². The lowest BCUT2D eigenvalue weighted by Crippen LogP contribution is -2.09. The van der Waals surface area contributed by atoms with Crippen molar-refractivity contribution in [3.8, 4) is 5.75 Å². The third-order valence-electron chi connectivity index (χ3n) is 2.18. The second-order valence-corrected chi connectivity index (χ2v) is 3.15. The lowest BCUT2D eigenvalue weighted by atomic mass is 10.2. The van der Waals surface area contributed by atoms with Crippen molar-refractivity contribution in [1.82, 2.24) is 9.61 Å². The maximum absolute atomic E-state index is 12.7. The van der Waals surface area contributed by atoms with Crippen molar-refractivity contribution in [3.05, 3.63) is 24.0 Å². The molecule has 16 heavy (non-hydrogen) atoms. The van der Waals surface area contributed by atoms with Crippen LogP contribution in [0.4, 0.5) is 18.9 Å². The van der Waals surface area contributed by atoms with E-state index < -0.39 is 11.7 Å². The summed E-state index contributed by atoms with van der Waals surface area (Å²) in [6.07, 6.45) is -2.02. The average Bonchev–Trinajstić information content (AvgIpc) is 2.58. The Morgan fingerprint density at radius 1 is 1.44 bits per heavy atom. The second kappa shape index (κ2) is 3.29. The molecule has 0 radical (unpaired) electrons. The van der Waals surface area contributed by atoms with E-state index in [4.69, 9.17) is 10.5 Å². The van der Waals surface area contributed by atoms with Gasteiger partial charge in [0.1, 0.15) is 11.1 Å². The Morgan fingerprint density at radius 3 is 2.69 bits per heavy atom. The summed E-state index contributed by atoms with van der Waals surface area (Å²) < 4.78 is 44.0. The number of ether oxygens (including phenoxy) is 1. The highest BCUT2D eigenvalue weighted by Gasteiger charge is 2.35. The molecule has 0 aliphatic carbocycles. The molecule has 2 aromatic heterocycles. The Labute approximate surface area is 88.4 Å². The van der Waals surface area contributed by atoms with Crippen LogP contribution in [0.2, 0.25) is 0 Å². The van der Waals surface area contributed by atoms with Crippen LogP contribution < -0.4 is 10.5 Å². The molecule has 0 amide bonds. The predicted octanol–water partition coefficient (Wildman–Crippen LogP) is 1.94. The maximum atomic E-state index is 12.7. The summed E-state index contributed by atoms with van der Waals surface area (Å²) >= 11 is 0. The molecule has 0 aliphatic rings. The fraction of sp³-hybridized carbons (Fsp3) is 0.222. The van der Waals surface area contributed by atoms with Gasteiger partial charge in [0.15, 0.2) is 5.75 Å². The lowest BCUT2D eigenvalue weighted by Gasteiger charge is -2.12. The van der Waals surface area contributed by atoms with E-state index >= 15 is 0 Å². The number of aromatic nitrogens is 2. The van der Waals surface area contributed by atoms with Gasteiger partial charge in [0, 0.05) is 6.20 Å². The summed E-state index contributed by atoms with van der Waals surface area (Å²) in [7, 11) is 1.16. The largest absolute Gasteiger partial charge is 0.494 e. The van der Waals surface area contributed by atoms with E-state index in [9.17, 15) is 13.2 Å². The summed E-state index contributed by atoms with van der Waals surface area (Å²) in [5, 5.41) is 3.79. The van der Waals surface area contributed by atoms with Crippen molar-refractivity contribution in [2.75, 3.05) is 12.8 Å². The number of methoxy groups -OCH3 is 1. The Balaban J connectivity index is 2.82. The van der Waals surface area contributed by atoms with Gasteiger partial charge in [-0.25, -0.2) is 4.52 Å². The third kappa shape index (κ3) is 1.44. The zero-order chi connectivity index (χ0) is 11.9. The molecule has 0 saturated heterocycles. The van der Waals surface area contributed by atoms with Gasteiger partial charge in [-0.15, -0.1) is 0 Å². The minimum atomic E-state index is -4.48. The maximum Gasteiger partial charge on any atom is 0.420 e. The summed E-state index contributed by atoms with van der Waals surface area (Å²) in [5.74, 6) is -0.315. The SMILES string of the molecule is COc1c(C(F)(F)F)ccn2ncc(N)c12. The predicted molar refractivity (Wildman–Crippen MR) is 51.2 cm³/mol. The highest BCUT2D eigenvalue weighted by molar-refractivity contribution is 5.78. The minimum Gasteiger partial charge on any atom is -0.494 e. The number of hydrogen-bond donors (Lipinski definition) is 1. The molecule has 2 heterocycles. The lowest BCUT2D eigenvalue weighted by molar-refractivity contribution is -0.138. The quantitative estimate of drug-likeness (QED) is 0.816. The summed E-state index contributed by atoms with van der Waals surface area (Å²) in [6.45, 7) is 0. The number of hydrogen-bond acceptors (Lipinski definition) is 3. The van der Waals surface area contributed by atoms with Crippen LogP contribution in [0.15, 0.2) is 18.5 Å². The number of fused-ring (bicyclic) bond motifs is 1. The van der Waals surface area contributed by atoms with Gasteiger partial charge >= 0.3 is 6.18 Å². The second-order valence-electron chi connectivity index (χ2n) is 3.15. The Morgan fingerprint density at radius 2 is 2.12 bits per heavy atom. The number of halogens is 3. The van der Waals surface area contributed by atoms with Gasteiger partial charge in [-0.05, 0) is 6.07 Å². The van der Waals surface area contributed by atoms with Crippen LogP contribution in [0.3, 0.4) is 0 Å². The standard InChI is InChI=1S/C9H8F3N3O/c1-16-8-5(9(10,11)12)2-3-15-7(8)6(13)4-14-15/h2-4H,13H2,1H3. The molecule has 7 heteroatoms. The average molecular weight is 231 g/mol. The van der Waals surface area contributed by atoms with E-state index in [-0.39, 0.29) is 17.0 Å². The molecule has 86 valence electrons. The molecule has 2 rings (SSSR count). The number of nitrogens with two attached hydrogens (primary N) is 1. The molecule has 2 aromatic rings. The normalized spacial score (nSPS) is 12.0. The molecule has 0 bridgehead atoms. The zero-order valence-electron chi connectivity index (χ0n) is 8.25. The number of alkyl halides is 3. The van der Waals surface area contributed by atoms with Crippen molar-refractivity contribution in [2.45, 2.75) is 6.18 Å². The van der Waals surface area contributed by atoms with Crippen LogP contribution in [0.5, 0.6) is 5.75 Å². The third-order valence-corrected chi connectivity index (χ3v) is 2.18. The van der Waals surface area contributed by atoms with Gasteiger partial charge in [0.2, 0.25) is 0 Å². The van der Waals surface area contributed by atoms with Crippen molar-refractivity contribution >= 4 is 11.2 Å². The Bertz CT molecular complexity index is 533. The van der Waals surface area contributed by atoms with Gasteiger partial charge in [0.25, 0.3) is 0 Å². The first-order chi connectivity index (χ1) is 7.45. The molecule has 0 unspecified atom stereocenters. The Hall–Kier alpha value is -1.92. The minimum absolute atomic E-state index is 0.123. The van der Waals surface area contributed by atoms with E-state index in [2.05, 4.69) is 5.10 Å². The number of nitrogens with zero attached hydrogens (tertiary/aromatic N) is 2. The summed E-state index contributed by atoms with van der Waals surface area (Å²) in [5.41, 5.74) is 4.93. The molecule has 0 saturated carbocycles. The van der Waals surface area contributed by atoms with E-state index in [0.29, 0.717) is 0 Å². The molecule has 0 aromatic carbocycles. The van der Waals surface area contributed by atoms with Crippen LogP contribution in [0, 0.1) is 0 Å². The first kappa shape index (κ1) is 10.6. The molecular formula is C9H8F3N3O. The molecule has 2 N–H and O–H groups in total. The monoisotopic (exact) mass is 231 g/mol. The van der Waals surface area contributed by atoms with Gasteiger partial charge < -0.3 is 10.5 Å². The van der Waals surface area contributed by atoms with E-state index in [1.807, 2.05) is 0 Å². The number of anilines is 1. The van der Waals surface area contributed by atoms with Crippen LogP contribution in [0.25, 0.3) is 5.52 Å². The van der Waals surface area contributed by atoms with E-state index in [0.717, 1.165) is 13.2 Å². The molecule has 0 aliphatic heterocycles. The van der Waals surface area contributed by atoms with Crippen molar-refractivity contribution in [1.29, 1.82) is 0 Å². The highest BCUT2D eigenvalue weighted by Crippen LogP contribution is 2.39. The van der Waals surface area contributed by atoms with E-state index in [1.54, 1.807) is 0 Å².